The van der Waals surface area contributed by atoms with Crippen molar-refractivity contribution in [3.05, 3.63) is 59.7 Å². The zero-order valence-electron chi connectivity index (χ0n) is 15.9. The van der Waals surface area contributed by atoms with Crippen LogP contribution in [-0.4, -0.2) is 36.9 Å². The van der Waals surface area contributed by atoms with E-state index in [0.717, 1.165) is 11.3 Å². The molecule has 1 fully saturated rings. The van der Waals surface area contributed by atoms with Gasteiger partial charge in [-0.2, -0.15) is 0 Å². The number of piperidine rings is 1. The number of para-hydroxylation sites is 1. The quantitative estimate of drug-likeness (QED) is 0.752. The van der Waals surface area contributed by atoms with Crippen molar-refractivity contribution in [1.29, 1.82) is 0 Å². The van der Waals surface area contributed by atoms with Crippen molar-refractivity contribution in [2.24, 2.45) is 5.92 Å². The second-order valence-electron chi connectivity index (χ2n) is 6.72. The molecule has 150 valence electrons. The molecule has 2 amide bonds. The molecule has 0 unspecified atom stereocenters. The number of benzene rings is 2. The molecule has 28 heavy (non-hydrogen) atoms. The number of hydrogen-bond donors (Lipinski definition) is 2. The maximum atomic E-state index is 12.6. The predicted molar refractivity (Wildman–Crippen MR) is 112 cm³/mol. The molecule has 0 bridgehead atoms. The number of nitrogens with one attached hydrogen (secondary N) is 1. The van der Waals surface area contributed by atoms with E-state index in [0.29, 0.717) is 43.7 Å². The van der Waals surface area contributed by atoms with Gasteiger partial charge in [-0.15, -0.1) is 12.4 Å². The molecule has 1 saturated heterocycles. The first-order chi connectivity index (χ1) is 13.1. The highest BCUT2D eigenvalue weighted by molar-refractivity contribution is 5.99. The van der Waals surface area contributed by atoms with E-state index in [-0.39, 0.29) is 30.1 Å². The first kappa shape index (κ1) is 21.6. The average Bonchev–Trinajstić information content (AvgIpc) is 2.72. The van der Waals surface area contributed by atoms with Crippen LogP contribution in [0.1, 0.15) is 28.8 Å². The van der Waals surface area contributed by atoms with Gasteiger partial charge >= 0.3 is 0 Å². The number of nitrogen functional groups attached to an aromatic ring is 1. The minimum absolute atomic E-state index is 0. The van der Waals surface area contributed by atoms with Gasteiger partial charge in [-0.3, -0.25) is 9.59 Å². The van der Waals surface area contributed by atoms with Crippen molar-refractivity contribution < 1.29 is 14.3 Å². The molecule has 0 radical (unpaired) electrons. The lowest BCUT2D eigenvalue weighted by Gasteiger charge is -2.31. The number of methoxy groups -OCH3 is 1. The van der Waals surface area contributed by atoms with Crippen LogP contribution in [0.4, 0.5) is 5.69 Å². The van der Waals surface area contributed by atoms with Crippen LogP contribution in [0.25, 0.3) is 0 Å². The number of carbonyl (C=O) groups excluding carboxylic acids is 2. The minimum atomic E-state index is -0.0691. The molecule has 6 nitrogen and oxygen atoms in total. The molecule has 7 heteroatoms. The Balaban J connectivity index is 0.00000280. The summed E-state index contributed by atoms with van der Waals surface area (Å²) in [5.41, 5.74) is 7.94. The summed E-state index contributed by atoms with van der Waals surface area (Å²) in [4.78, 5) is 26.8. The molecule has 0 atom stereocenters. The summed E-state index contributed by atoms with van der Waals surface area (Å²) in [6, 6.07) is 14.7. The number of nitrogens with zero attached hydrogens (tertiary/aromatic N) is 1. The van der Waals surface area contributed by atoms with Crippen LogP contribution >= 0.6 is 12.4 Å². The second kappa shape index (κ2) is 9.99. The molecule has 0 aliphatic carbocycles. The van der Waals surface area contributed by atoms with Crippen molar-refractivity contribution in [2.45, 2.75) is 19.4 Å². The summed E-state index contributed by atoms with van der Waals surface area (Å²) in [6.45, 7) is 1.62. The van der Waals surface area contributed by atoms with Crippen LogP contribution in [0.3, 0.4) is 0 Å². The lowest BCUT2D eigenvalue weighted by Crippen LogP contribution is -2.43. The summed E-state index contributed by atoms with van der Waals surface area (Å²) < 4.78 is 5.13. The zero-order valence-corrected chi connectivity index (χ0v) is 16.7. The number of nitrogens with two attached hydrogens (primary N) is 1. The second-order valence-corrected chi connectivity index (χ2v) is 6.72. The maximum Gasteiger partial charge on any atom is 0.255 e. The van der Waals surface area contributed by atoms with E-state index < -0.39 is 0 Å². The van der Waals surface area contributed by atoms with Crippen LogP contribution in [0.5, 0.6) is 5.75 Å². The molecular formula is C21H26ClN3O3. The highest BCUT2D eigenvalue weighted by Crippen LogP contribution is 2.21. The average molecular weight is 404 g/mol. The molecule has 1 aliphatic heterocycles. The standard InChI is InChI=1S/C21H25N3O3.ClH/c1-27-17-8-6-15(7-9-17)14-23-20(25)16-10-12-24(13-11-16)21(26)18-4-2-3-5-19(18)22;/h2-9,16H,10-14,22H2,1H3,(H,23,25);1H. The number of likely N-dealkylation sites (tertiary alicyclic amines) is 1. The number of carbonyl (C=O) groups is 2. The van der Waals surface area contributed by atoms with Crippen LogP contribution in [0.15, 0.2) is 48.5 Å². The lowest BCUT2D eigenvalue weighted by molar-refractivity contribution is -0.126. The topological polar surface area (TPSA) is 84.7 Å². The molecule has 0 saturated carbocycles. The summed E-state index contributed by atoms with van der Waals surface area (Å²) >= 11 is 0. The summed E-state index contributed by atoms with van der Waals surface area (Å²) in [7, 11) is 1.63. The van der Waals surface area contributed by atoms with Gasteiger partial charge in [0.25, 0.3) is 5.91 Å². The number of ether oxygens (including phenoxy) is 1. The van der Waals surface area contributed by atoms with E-state index in [2.05, 4.69) is 5.32 Å². The third-order valence-electron chi connectivity index (χ3n) is 4.97. The Bertz CT molecular complexity index is 803. The Kier molecular flexibility index (Phi) is 7.70. The van der Waals surface area contributed by atoms with E-state index >= 15 is 0 Å². The molecule has 3 N–H and O–H groups in total. The Labute approximate surface area is 171 Å². The molecule has 0 aromatic heterocycles. The van der Waals surface area contributed by atoms with E-state index in [1.165, 1.54) is 0 Å². The fourth-order valence-electron chi connectivity index (χ4n) is 3.28. The van der Waals surface area contributed by atoms with Gasteiger partial charge < -0.3 is 20.7 Å². The number of halogens is 1. The van der Waals surface area contributed by atoms with Gasteiger partial charge in [0.1, 0.15) is 5.75 Å². The van der Waals surface area contributed by atoms with E-state index in [1.54, 1.807) is 24.1 Å². The molecule has 0 spiro atoms. The minimum Gasteiger partial charge on any atom is -0.497 e. The maximum absolute atomic E-state index is 12.6. The van der Waals surface area contributed by atoms with Gasteiger partial charge in [-0.05, 0) is 42.7 Å². The fourth-order valence-corrected chi connectivity index (χ4v) is 3.28. The lowest BCUT2D eigenvalue weighted by atomic mass is 9.95. The zero-order chi connectivity index (χ0) is 19.2. The van der Waals surface area contributed by atoms with Gasteiger partial charge in [0.05, 0.1) is 12.7 Å². The van der Waals surface area contributed by atoms with Crippen LogP contribution < -0.4 is 15.8 Å². The van der Waals surface area contributed by atoms with Gasteiger partial charge in [-0.25, -0.2) is 0 Å². The fraction of sp³-hybridized carbons (Fsp3) is 0.333. The highest BCUT2D eigenvalue weighted by Gasteiger charge is 2.28. The highest BCUT2D eigenvalue weighted by atomic mass is 35.5. The van der Waals surface area contributed by atoms with Crippen molar-refractivity contribution >= 4 is 29.9 Å². The molecular weight excluding hydrogens is 378 g/mol. The largest absolute Gasteiger partial charge is 0.497 e. The SMILES string of the molecule is COc1ccc(CNC(=O)C2CCN(C(=O)c3ccccc3N)CC2)cc1.Cl. The molecule has 1 aliphatic rings. The Morgan fingerprint density at radius 1 is 1.11 bits per heavy atom. The summed E-state index contributed by atoms with van der Waals surface area (Å²) in [5, 5.41) is 2.99. The van der Waals surface area contributed by atoms with Gasteiger partial charge in [0, 0.05) is 31.2 Å². The van der Waals surface area contributed by atoms with Crippen LogP contribution in [-0.2, 0) is 11.3 Å². The Morgan fingerprint density at radius 2 is 1.75 bits per heavy atom. The van der Waals surface area contributed by atoms with Crippen LogP contribution in [0.2, 0.25) is 0 Å². The van der Waals surface area contributed by atoms with Crippen molar-refractivity contribution in [3.63, 3.8) is 0 Å². The van der Waals surface area contributed by atoms with Crippen LogP contribution in [0, 0.1) is 5.92 Å². The smallest absolute Gasteiger partial charge is 0.255 e. The number of anilines is 1. The third kappa shape index (κ3) is 5.16. The van der Waals surface area contributed by atoms with Gasteiger partial charge in [-0.1, -0.05) is 24.3 Å². The van der Waals surface area contributed by atoms with Gasteiger partial charge in [0.2, 0.25) is 5.91 Å². The number of amides is 2. The first-order valence-electron chi connectivity index (χ1n) is 9.13. The molecule has 1 heterocycles. The van der Waals surface area contributed by atoms with Crippen molar-refractivity contribution in [3.8, 4) is 5.75 Å². The summed E-state index contributed by atoms with van der Waals surface area (Å²) in [5.74, 6) is 0.698. The number of hydrogen-bond acceptors (Lipinski definition) is 4. The van der Waals surface area contributed by atoms with Crippen molar-refractivity contribution in [2.75, 3.05) is 25.9 Å². The normalized spacial score (nSPS) is 14.1. The molecule has 2 aromatic carbocycles. The summed E-state index contributed by atoms with van der Waals surface area (Å²) in [6.07, 6.45) is 1.32. The monoisotopic (exact) mass is 403 g/mol. The van der Waals surface area contributed by atoms with E-state index in [4.69, 9.17) is 10.5 Å². The van der Waals surface area contributed by atoms with Gasteiger partial charge in [0.15, 0.2) is 0 Å². The Morgan fingerprint density at radius 3 is 2.36 bits per heavy atom. The van der Waals surface area contributed by atoms with E-state index in [1.807, 2.05) is 36.4 Å². The number of rotatable bonds is 5. The molecule has 2 aromatic rings. The first-order valence-corrected chi connectivity index (χ1v) is 9.13. The Hall–Kier alpha value is -2.73. The van der Waals surface area contributed by atoms with Crippen molar-refractivity contribution in [1.82, 2.24) is 10.2 Å². The van der Waals surface area contributed by atoms with E-state index in [9.17, 15) is 9.59 Å². The third-order valence-corrected chi connectivity index (χ3v) is 4.97. The predicted octanol–water partition coefficient (Wildman–Crippen LogP) is 2.87. The molecule has 3 rings (SSSR count).